The smallest absolute Gasteiger partial charge is 0.326 e. The highest BCUT2D eigenvalue weighted by molar-refractivity contribution is 7.98. The zero-order chi connectivity index (χ0) is 15.4. The van der Waals surface area contributed by atoms with Crippen LogP contribution in [0.15, 0.2) is 24.3 Å². The second-order valence-electron chi connectivity index (χ2n) is 4.44. The fraction of sp³-hybridized carbons (Fsp3) is 0.286. The number of aliphatic carboxylic acids is 1. The van der Waals surface area contributed by atoms with Crippen molar-refractivity contribution in [2.75, 3.05) is 12.0 Å². The minimum Gasteiger partial charge on any atom is -0.480 e. The van der Waals surface area contributed by atoms with Gasteiger partial charge >= 0.3 is 5.97 Å². The molecular formula is C14H14FNO3S2. The number of fused-ring (bicyclic) bond motifs is 1. The Morgan fingerprint density at radius 2 is 2.19 bits per heavy atom. The lowest BCUT2D eigenvalue weighted by Gasteiger charge is -2.12. The fourth-order valence-corrected chi connectivity index (χ4v) is 3.30. The number of halogens is 1. The zero-order valence-corrected chi connectivity index (χ0v) is 12.9. The van der Waals surface area contributed by atoms with Crippen LogP contribution in [0.25, 0.3) is 10.1 Å². The van der Waals surface area contributed by atoms with Gasteiger partial charge < -0.3 is 10.4 Å². The van der Waals surface area contributed by atoms with Crippen LogP contribution in [0.5, 0.6) is 0 Å². The molecule has 0 saturated carbocycles. The van der Waals surface area contributed by atoms with Crippen molar-refractivity contribution >= 4 is 45.1 Å². The Morgan fingerprint density at radius 3 is 2.86 bits per heavy atom. The molecule has 1 aromatic carbocycles. The van der Waals surface area contributed by atoms with E-state index in [0.717, 1.165) is 16.7 Å². The number of carboxylic acids is 1. The minimum absolute atomic E-state index is 0.361. The normalized spacial score (nSPS) is 12.3. The first-order chi connectivity index (χ1) is 10.0. The van der Waals surface area contributed by atoms with Gasteiger partial charge in [-0.1, -0.05) is 6.07 Å². The molecule has 2 aromatic rings. The molecule has 1 heterocycles. The highest BCUT2D eigenvalue weighted by Gasteiger charge is 2.21. The molecule has 2 rings (SSSR count). The zero-order valence-electron chi connectivity index (χ0n) is 11.3. The maximum Gasteiger partial charge on any atom is 0.326 e. The van der Waals surface area contributed by atoms with Gasteiger partial charge in [0.1, 0.15) is 11.9 Å². The summed E-state index contributed by atoms with van der Waals surface area (Å²) >= 11 is 2.67. The number of amides is 1. The van der Waals surface area contributed by atoms with E-state index in [-0.39, 0.29) is 5.82 Å². The number of carbonyl (C=O) groups excluding carboxylic acids is 1. The molecule has 0 aliphatic heterocycles. The van der Waals surface area contributed by atoms with E-state index >= 15 is 0 Å². The summed E-state index contributed by atoms with van der Waals surface area (Å²) in [6.07, 6.45) is 2.24. The van der Waals surface area contributed by atoms with Crippen LogP contribution in [0.3, 0.4) is 0 Å². The Morgan fingerprint density at radius 1 is 1.43 bits per heavy atom. The lowest BCUT2D eigenvalue weighted by Crippen LogP contribution is -2.40. The topological polar surface area (TPSA) is 66.4 Å². The SMILES string of the molecule is CSCCC(NC(=O)c1cc2ccc(F)cc2s1)C(=O)O. The molecule has 1 amide bonds. The van der Waals surface area contributed by atoms with E-state index in [9.17, 15) is 14.0 Å². The monoisotopic (exact) mass is 327 g/mol. The Kier molecular flexibility index (Phi) is 5.19. The van der Waals surface area contributed by atoms with E-state index in [2.05, 4.69) is 5.32 Å². The molecule has 0 aliphatic rings. The summed E-state index contributed by atoms with van der Waals surface area (Å²) in [5.41, 5.74) is 0. The van der Waals surface area contributed by atoms with Crippen molar-refractivity contribution in [2.45, 2.75) is 12.5 Å². The number of hydrogen-bond donors (Lipinski definition) is 2. The minimum atomic E-state index is -1.05. The first-order valence-electron chi connectivity index (χ1n) is 6.23. The number of benzene rings is 1. The Labute approximate surface area is 129 Å². The van der Waals surface area contributed by atoms with Gasteiger partial charge in [-0.3, -0.25) is 4.79 Å². The molecule has 1 aromatic heterocycles. The third-order valence-corrected chi connectivity index (χ3v) is 4.66. The van der Waals surface area contributed by atoms with Crippen molar-refractivity contribution in [3.05, 3.63) is 35.0 Å². The third-order valence-electron chi connectivity index (χ3n) is 2.92. The van der Waals surface area contributed by atoms with Crippen molar-refractivity contribution in [1.82, 2.24) is 5.32 Å². The molecule has 4 nitrogen and oxygen atoms in total. The third kappa shape index (κ3) is 3.95. The number of thioether (sulfide) groups is 1. The maximum absolute atomic E-state index is 13.1. The number of nitrogens with one attached hydrogen (secondary N) is 1. The molecule has 2 N–H and O–H groups in total. The Hall–Kier alpha value is -1.60. The van der Waals surface area contributed by atoms with E-state index in [0.29, 0.717) is 21.8 Å². The number of carbonyl (C=O) groups is 2. The van der Waals surface area contributed by atoms with Gasteiger partial charge in [0.25, 0.3) is 5.91 Å². The van der Waals surface area contributed by atoms with Crippen molar-refractivity contribution in [3.8, 4) is 0 Å². The largest absolute Gasteiger partial charge is 0.480 e. The Balaban J connectivity index is 2.15. The number of hydrogen-bond acceptors (Lipinski definition) is 4. The molecule has 112 valence electrons. The summed E-state index contributed by atoms with van der Waals surface area (Å²) in [4.78, 5) is 23.6. The van der Waals surface area contributed by atoms with E-state index < -0.39 is 17.9 Å². The van der Waals surface area contributed by atoms with Gasteiger partial charge in [-0.25, -0.2) is 9.18 Å². The van der Waals surface area contributed by atoms with E-state index in [1.807, 2.05) is 6.26 Å². The van der Waals surface area contributed by atoms with Gasteiger partial charge in [-0.2, -0.15) is 11.8 Å². The van der Waals surface area contributed by atoms with Crippen LogP contribution >= 0.6 is 23.1 Å². The number of thiophene rings is 1. The molecule has 0 radical (unpaired) electrons. The standard InChI is InChI=1S/C14H14FNO3S2/c1-20-5-4-10(14(18)19)16-13(17)12-6-8-2-3-9(15)7-11(8)21-12/h2-3,6-7,10H,4-5H2,1H3,(H,16,17)(H,18,19). The molecule has 1 atom stereocenters. The van der Waals surface area contributed by atoms with Crippen molar-refractivity contribution in [3.63, 3.8) is 0 Å². The summed E-state index contributed by atoms with van der Waals surface area (Å²) in [6.45, 7) is 0. The number of rotatable bonds is 6. The molecule has 7 heteroatoms. The summed E-state index contributed by atoms with van der Waals surface area (Å²) < 4.78 is 13.8. The molecule has 0 fully saturated rings. The average Bonchev–Trinajstić information content (AvgIpc) is 2.85. The van der Waals surface area contributed by atoms with Crippen LogP contribution in [-0.2, 0) is 4.79 Å². The predicted octanol–water partition coefficient (Wildman–Crippen LogP) is 2.98. The molecule has 1 unspecified atom stereocenters. The van der Waals surface area contributed by atoms with E-state index in [1.165, 1.54) is 23.9 Å². The average molecular weight is 327 g/mol. The second-order valence-corrected chi connectivity index (χ2v) is 6.51. The van der Waals surface area contributed by atoms with Gasteiger partial charge in [0.2, 0.25) is 0 Å². The number of carboxylic acid groups (broad SMARTS) is 1. The molecule has 0 aliphatic carbocycles. The van der Waals surface area contributed by atoms with Crippen LogP contribution in [0, 0.1) is 5.82 Å². The van der Waals surface area contributed by atoms with Crippen molar-refractivity contribution < 1.29 is 19.1 Å². The molecular weight excluding hydrogens is 313 g/mol. The summed E-state index contributed by atoms with van der Waals surface area (Å²) in [5, 5.41) is 12.4. The highest BCUT2D eigenvalue weighted by atomic mass is 32.2. The van der Waals surface area contributed by atoms with Gasteiger partial charge in [-0.05, 0) is 42.0 Å². The van der Waals surface area contributed by atoms with Gasteiger partial charge in [0, 0.05) is 4.70 Å². The Bertz CT molecular complexity index is 671. The summed E-state index contributed by atoms with van der Waals surface area (Å²) in [7, 11) is 0. The van der Waals surface area contributed by atoms with Gasteiger partial charge in [-0.15, -0.1) is 11.3 Å². The van der Waals surface area contributed by atoms with Gasteiger partial charge in [0.05, 0.1) is 4.88 Å². The van der Waals surface area contributed by atoms with E-state index in [4.69, 9.17) is 5.11 Å². The first-order valence-corrected chi connectivity index (χ1v) is 8.44. The van der Waals surface area contributed by atoms with Crippen molar-refractivity contribution in [1.29, 1.82) is 0 Å². The van der Waals surface area contributed by atoms with Crippen molar-refractivity contribution in [2.24, 2.45) is 0 Å². The summed E-state index contributed by atoms with van der Waals surface area (Å²) in [5.74, 6) is -1.20. The highest BCUT2D eigenvalue weighted by Crippen LogP contribution is 2.26. The fourth-order valence-electron chi connectivity index (χ4n) is 1.84. The molecule has 0 saturated heterocycles. The van der Waals surface area contributed by atoms with E-state index in [1.54, 1.807) is 12.1 Å². The molecule has 21 heavy (non-hydrogen) atoms. The van der Waals surface area contributed by atoms with Crippen LogP contribution in [0.1, 0.15) is 16.1 Å². The maximum atomic E-state index is 13.1. The molecule has 0 spiro atoms. The lowest BCUT2D eigenvalue weighted by molar-refractivity contribution is -0.139. The second kappa shape index (κ2) is 6.91. The first kappa shape index (κ1) is 15.8. The molecule has 0 bridgehead atoms. The van der Waals surface area contributed by atoms with Gasteiger partial charge in [0.15, 0.2) is 0 Å². The lowest BCUT2D eigenvalue weighted by atomic mass is 10.2. The van der Waals surface area contributed by atoms with Crippen LogP contribution in [-0.4, -0.2) is 35.0 Å². The van der Waals surface area contributed by atoms with Crippen LogP contribution in [0.2, 0.25) is 0 Å². The quantitative estimate of drug-likeness (QED) is 0.856. The predicted molar refractivity (Wildman–Crippen MR) is 83.7 cm³/mol. The van der Waals surface area contributed by atoms with Crippen LogP contribution in [0.4, 0.5) is 4.39 Å². The summed E-state index contributed by atoms with van der Waals surface area (Å²) in [6, 6.07) is 5.02. The van der Waals surface area contributed by atoms with Crippen LogP contribution < -0.4 is 5.32 Å².